The van der Waals surface area contributed by atoms with Crippen LogP contribution in [0.25, 0.3) is 10.8 Å². The summed E-state index contributed by atoms with van der Waals surface area (Å²) in [5.74, 6) is 1.03. The molecule has 3 rings (SSSR count). The van der Waals surface area contributed by atoms with Crippen LogP contribution in [0.1, 0.15) is 16.9 Å². The second-order valence-corrected chi connectivity index (χ2v) is 5.96. The van der Waals surface area contributed by atoms with Crippen molar-refractivity contribution in [3.8, 4) is 10.8 Å². The Balaban J connectivity index is 1.66. The highest BCUT2D eigenvalue weighted by Gasteiger charge is 2.20. The first-order valence-electron chi connectivity index (χ1n) is 6.54. The minimum atomic E-state index is -0.250. The quantitative estimate of drug-likeness (QED) is 0.893. The summed E-state index contributed by atoms with van der Waals surface area (Å²) in [6, 6.07) is -0.250. The first kappa shape index (κ1) is 13.6. The van der Waals surface area contributed by atoms with E-state index in [4.69, 9.17) is 15.0 Å². The number of nitrogens with two attached hydrogens (primary N) is 1. The van der Waals surface area contributed by atoms with E-state index in [1.165, 1.54) is 11.3 Å². The van der Waals surface area contributed by atoms with Gasteiger partial charge in [-0.15, -0.1) is 11.3 Å². The van der Waals surface area contributed by atoms with E-state index >= 15 is 0 Å². The number of rotatable bonds is 4. The van der Waals surface area contributed by atoms with Gasteiger partial charge in [-0.1, -0.05) is 5.16 Å². The molecule has 7 nitrogen and oxygen atoms in total. The smallest absolute Gasteiger partial charge is 0.269 e. The van der Waals surface area contributed by atoms with Crippen LogP contribution < -0.4 is 5.73 Å². The topological polar surface area (TPSA) is 90.3 Å². The summed E-state index contributed by atoms with van der Waals surface area (Å²) in [7, 11) is 0. The van der Waals surface area contributed by atoms with Crippen LogP contribution in [0.15, 0.2) is 10.7 Å². The lowest BCUT2D eigenvalue weighted by atomic mass is 10.2. The third kappa shape index (κ3) is 3.04. The van der Waals surface area contributed by atoms with Crippen LogP contribution in [0.4, 0.5) is 0 Å². The van der Waals surface area contributed by atoms with Crippen molar-refractivity contribution in [1.29, 1.82) is 0 Å². The zero-order chi connectivity index (χ0) is 13.9. The molecule has 1 fully saturated rings. The molecular weight excluding hydrogens is 278 g/mol. The highest BCUT2D eigenvalue weighted by atomic mass is 32.1. The lowest BCUT2D eigenvalue weighted by Crippen LogP contribution is -2.40. The van der Waals surface area contributed by atoms with Gasteiger partial charge in [-0.25, -0.2) is 4.98 Å². The van der Waals surface area contributed by atoms with Gasteiger partial charge in [-0.05, 0) is 6.92 Å². The normalized spacial score (nSPS) is 18.3. The number of nitrogens with zero attached hydrogens (tertiary/aromatic N) is 4. The van der Waals surface area contributed by atoms with Gasteiger partial charge < -0.3 is 15.0 Å². The van der Waals surface area contributed by atoms with E-state index in [0.717, 1.165) is 36.2 Å². The fourth-order valence-electron chi connectivity index (χ4n) is 2.09. The second-order valence-electron chi connectivity index (χ2n) is 4.72. The van der Waals surface area contributed by atoms with Crippen LogP contribution in [0.5, 0.6) is 0 Å². The van der Waals surface area contributed by atoms with E-state index in [1.807, 2.05) is 6.92 Å². The Labute approximate surface area is 120 Å². The van der Waals surface area contributed by atoms with Gasteiger partial charge in [-0.3, -0.25) is 4.90 Å². The number of aryl methyl sites for hydroxylation is 1. The maximum Gasteiger partial charge on any atom is 0.269 e. The van der Waals surface area contributed by atoms with E-state index in [9.17, 15) is 0 Å². The summed E-state index contributed by atoms with van der Waals surface area (Å²) in [6.07, 6.45) is 1.74. The minimum Gasteiger partial charge on any atom is -0.379 e. The summed E-state index contributed by atoms with van der Waals surface area (Å²) < 4.78 is 10.6. The average molecular weight is 295 g/mol. The highest BCUT2D eigenvalue weighted by Crippen LogP contribution is 2.24. The molecule has 1 aliphatic heterocycles. The molecule has 0 aromatic carbocycles. The van der Waals surface area contributed by atoms with Crippen molar-refractivity contribution in [2.24, 2.45) is 5.73 Å². The van der Waals surface area contributed by atoms with Crippen molar-refractivity contribution >= 4 is 11.3 Å². The average Bonchev–Trinajstić information content (AvgIpc) is 3.08. The van der Waals surface area contributed by atoms with Crippen molar-refractivity contribution in [3.05, 3.63) is 17.0 Å². The molecule has 1 aliphatic rings. The van der Waals surface area contributed by atoms with Gasteiger partial charge in [0, 0.05) is 19.6 Å². The van der Waals surface area contributed by atoms with Crippen LogP contribution in [0, 0.1) is 6.92 Å². The van der Waals surface area contributed by atoms with Crippen molar-refractivity contribution in [3.63, 3.8) is 0 Å². The molecule has 1 saturated heterocycles. The molecular formula is C12H17N5O2S. The second kappa shape index (κ2) is 5.96. The summed E-state index contributed by atoms with van der Waals surface area (Å²) in [4.78, 5) is 11.7. The van der Waals surface area contributed by atoms with Crippen molar-refractivity contribution in [2.75, 3.05) is 32.8 Å². The van der Waals surface area contributed by atoms with Gasteiger partial charge >= 0.3 is 0 Å². The Morgan fingerprint density at radius 2 is 2.25 bits per heavy atom. The van der Waals surface area contributed by atoms with Crippen molar-refractivity contribution < 1.29 is 9.26 Å². The predicted molar refractivity (Wildman–Crippen MR) is 74.3 cm³/mol. The molecule has 0 amide bonds. The Morgan fingerprint density at radius 1 is 1.45 bits per heavy atom. The third-order valence-corrected chi connectivity index (χ3v) is 4.06. The third-order valence-electron chi connectivity index (χ3n) is 3.16. The highest BCUT2D eigenvalue weighted by molar-refractivity contribution is 7.14. The fraction of sp³-hybridized carbons (Fsp3) is 0.583. The van der Waals surface area contributed by atoms with E-state index in [2.05, 4.69) is 20.0 Å². The lowest BCUT2D eigenvalue weighted by Gasteiger charge is -2.27. The van der Waals surface area contributed by atoms with E-state index in [-0.39, 0.29) is 6.04 Å². The SMILES string of the molecule is Cc1ncc(-c2nc(C(N)CN3CCOCC3)no2)s1. The zero-order valence-electron chi connectivity index (χ0n) is 11.3. The van der Waals surface area contributed by atoms with E-state index in [1.54, 1.807) is 6.20 Å². The fourth-order valence-corrected chi connectivity index (χ4v) is 2.79. The van der Waals surface area contributed by atoms with E-state index in [0.29, 0.717) is 18.3 Å². The van der Waals surface area contributed by atoms with Crippen LogP contribution in [0.3, 0.4) is 0 Å². The Hall–Kier alpha value is -1.35. The molecule has 8 heteroatoms. The number of aromatic nitrogens is 3. The molecule has 2 aromatic rings. The molecule has 0 spiro atoms. The van der Waals surface area contributed by atoms with Crippen LogP contribution in [-0.4, -0.2) is 52.9 Å². The predicted octanol–water partition coefficient (Wildman–Crippen LogP) is 0.834. The summed E-state index contributed by atoms with van der Waals surface area (Å²) >= 11 is 1.53. The molecule has 1 atom stereocenters. The van der Waals surface area contributed by atoms with Crippen LogP contribution in [-0.2, 0) is 4.74 Å². The molecule has 0 saturated carbocycles. The number of hydrogen-bond donors (Lipinski definition) is 1. The van der Waals surface area contributed by atoms with Crippen LogP contribution >= 0.6 is 11.3 Å². The molecule has 20 heavy (non-hydrogen) atoms. The minimum absolute atomic E-state index is 0.250. The molecule has 1 unspecified atom stereocenters. The number of morpholine rings is 1. The number of thiazole rings is 1. The van der Waals surface area contributed by atoms with Gasteiger partial charge in [0.1, 0.15) is 4.88 Å². The van der Waals surface area contributed by atoms with Crippen LogP contribution in [0.2, 0.25) is 0 Å². The standard InChI is InChI=1S/C12H17N5O2S/c1-8-14-6-10(20-8)12-15-11(16-19-12)9(13)7-17-2-4-18-5-3-17/h6,9H,2-5,7,13H2,1H3. The number of ether oxygens (including phenoxy) is 1. The zero-order valence-corrected chi connectivity index (χ0v) is 12.1. The van der Waals surface area contributed by atoms with Gasteiger partial charge in [-0.2, -0.15) is 4.98 Å². The first-order chi connectivity index (χ1) is 9.72. The summed E-state index contributed by atoms with van der Waals surface area (Å²) in [6.45, 7) is 5.95. The molecule has 2 N–H and O–H groups in total. The van der Waals surface area contributed by atoms with Gasteiger partial charge in [0.15, 0.2) is 5.82 Å². The summed E-state index contributed by atoms with van der Waals surface area (Å²) in [5.41, 5.74) is 6.14. The van der Waals surface area contributed by atoms with Gasteiger partial charge in [0.2, 0.25) is 0 Å². The van der Waals surface area contributed by atoms with Crippen molar-refractivity contribution in [2.45, 2.75) is 13.0 Å². The molecule has 108 valence electrons. The molecule has 3 heterocycles. The maximum atomic E-state index is 6.14. The van der Waals surface area contributed by atoms with E-state index < -0.39 is 0 Å². The maximum absolute atomic E-state index is 6.14. The monoisotopic (exact) mass is 295 g/mol. The Bertz CT molecular complexity index is 564. The number of hydrogen-bond acceptors (Lipinski definition) is 8. The summed E-state index contributed by atoms with van der Waals surface area (Å²) in [5, 5.41) is 4.95. The van der Waals surface area contributed by atoms with Gasteiger partial charge in [0.25, 0.3) is 5.89 Å². The first-order valence-corrected chi connectivity index (χ1v) is 7.36. The molecule has 2 aromatic heterocycles. The molecule has 0 radical (unpaired) electrons. The van der Waals surface area contributed by atoms with Crippen molar-refractivity contribution in [1.82, 2.24) is 20.0 Å². The lowest BCUT2D eigenvalue weighted by molar-refractivity contribution is 0.0348. The Kier molecular flexibility index (Phi) is 4.06. The largest absolute Gasteiger partial charge is 0.379 e. The molecule has 0 bridgehead atoms. The molecule has 0 aliphatic carbocycles. The Morgan fingerprint density at radius 3 is 2.95 bits per heavy atom. The van der Waals surface area contributed by atoms with Gasteiger partial charge in [0.05, 0.1) is 30.5 Å².